The smallest absolute Gasteiger partial charge is 0.122 e. The van der Waals surface area contributed by atoms with Gasteiger partial charge in [-0.25, -0.2) is 0 Å². The van der Waals surface area contributed by atoms with E-state index in [1.807, 2.05) is 0 Å². The molecule has 2 saturated heterocycles. The molecular weight excluding hydrogens is 250 g/mol. The summed E-state index contributed by atoms with van der Waals surface area (Å²) in [7, 11) is 0. The molecule has 0 amide bonds. The van der Waals surface area contributed by atoms with Crippen molar-refractivity contribution in [2.24, 2.45) is 0 Å². The van der Waals surface area contributed by atoms with Crippen LogP contribution < -0.4 is 10.1 Å². The Morgan fingerprint density at radius 1 is 1.20 bits per heavy atom. The summed E-state index contributed by atoms with van der Waals surface area (Å²) in [5.74, 6) is 0.994. The number of nitrogens with one attached hydrogen (secondary N) is 1. The predicted molar refractivity (Wildman–Crippen MR) is 80.3 cm³/mol. The van der Waals surface area contributed by atoms with Gasteiger partial charge >= 0.3 is 0 Å². The minimum Gasteiger partial charge on any atom is -0.488 e. The molecule has 3 heteroatoms. The van der Waals surface area contributed by atoms with E-state index in [1.165, 1.54) is 31.4 Å². The molecule has 1 N–H and O–H groups in total. The van der Waals surface area contributed by atoms with E-state index in [9.17, 15) is 0 Å². The van der Waals surface area contributed by atoms with Crippen molar-refractivity contribution in [2.45, 2.75) is 50.7 Å². The SMILES string of the molecule is c1cc(CC2CCCCN2)cc(OC2CCCOC2)c1. The van der Waals surface area contributed by atoms with Crippen LogP contribution in [-0.2, 0) is 11.2 Å². The summed E-state index contributed by atoms with van der Waals surface area (Å²) in [5, 5.41) is 3.61. The highest BCUT2D eigenvalue weighted by Crippen LogP contribution is 2.20. The standard InChI is InChI=1S/C17H25NO2/c1-2-9-18-15(6-1)11-14-5-3-7-16(12-14)20-17-8-4-10-19-13-17/h3,5,7,12,15,17-18H,1-2,4,6,8-11,13H2. The molecule has 0 aliphatic carbocycles. The number of rotatable bonds is 4. The highest BCUT2D eigenvalue weighted by atomic mass is 16.5. The summed E-state index contributed by atoms with van der Waals surface area (Å²) in [6.07, 6.45) is 7.52. The Morgan fingerprint density at radius 3 is 3.00 bits per heavy atom. The van der Waals surface area contributed by atoms with Gasteiger partial charge in [0.15, 0.2) is 0 Å². The molecule has 3 rings (SSSR count). The van der Waals surface area contributed by atoms with Crippen molar-refractivity contribution in [3.05, 3.63) is 29.8 Å². The van der Waals surface area contributed by atoms with Gasteiger partial charge in [-0.3, -0.25) is 0 Å². The summed E-state index contributed by atoms with van der Waals surface area (Å²) in [6, 6.07) is 9.21. The molecule has 3 nitrogen and oxygen atoms in total. The maximum atomic E-state index is 6.04. The Labute approximate surface area is 121 Å². The lowest BCUT2D eigenvalue weighted by molar-refractivity contribution is 0.00740. The third kappa shape index (κ3) is 3.97. The van der Waals surface area contributed by atoms with Gasteiger partial charge in [0.2, 0.25) is 0 Å². The van der Waals surface area contributed by atoms with E-state index < -0.39 is 0 Å². The quantitative estimate of drug-likeness (QED) is 0.916. The summed E-state index contributed by atoms with van der Waals surface area (Å²) in [4.78, 5) is 0. The fourth-order valence-corrected chi connectivity index (χ4v) is 3.13. The molecular formula is C17H25NO2. The Bertz CT molecular complexity index is 374. The van der Waals surface area contributed by atoms with Crippen molar-refractivity contribution in [3.8, 4) is 5.75 Å². The molecule has 0 bridgehead atoms. The first-order chi connectivity index (χ1) is 9.90. The molecule has 0 saturated carbocycles. The fourth-order valence-electron chi connectivity index (χ4n) is 3.13. The molecule has 20 heavy (non-hydrogen) atoms. The van der Waals surface area contributed by atoms with Gasteiger partial charge in [0.05, 0.1) is 6.61 Å². The van der Waals surface area contributed by atoms with Crippen LogP contribution in [0.4, 0.5) is 0 Å². The average Bonchev–Trinajstić information content (AvgIpc) is 2.50. The second-order valence-electron chi connectivity index (χ2n) is 5.96. The van der Waals surface area contributed by atoms with Gasteiger partial charge in [0.25, 0.3) is 0 Å². The van der Waals surface area contributed by atoms with Gasteiger partial charge in [-0.15, -0.1) is 0 Å². The molecule has 2 heterocycles. The first kappa shape index (κ1) is 13.9. The van der Waals surface area contributed by atoms with Gasteiger partial charge in [0, 0.05) is 12.6 Å². The van der Waals surface area contributed by atoms with Gasteiger partial charge in [0.1, 0.15) is 11.9 Å². The molecule has 2 unspecified atom stereocenters. The van der Waals surface area contributed by atoms with Crippen LogP contribution >= 0.6 is 0 Å². The van der Waals surface area contributed by atoms with Crippen LogP contribution in [-0.4, -0.2) is 31.9 Å². The largest absolute Gasteiger partial charge is 0.488 e. The van der Waals surface area contributed by atoms with E-state index in [4.69, 9.17) is 9.47 Å². The Balaban J connectivity index is 1.57. The molecule has 0 spiro atoms. The summed E-state index contributed by atoms with van der Waals surface area (Å²) < 4.78 is 11.5. The monoisotopic (exact) mass is 275 g/mol. The molecule has 2 fully saturated rings. The number of piperidine rings is 1. The molecule has 2 atom stereocenters. The van der Waals surface area contributed by atoms with Crippen molar-refractivity contribution >= 4 is 0 Å². The number of hydrogen-bond donors (Lipinski definition) is 1. The van der Waals surface area contributed by atoms with Crippen molar-refractivity contribution in [1.29, 1.82) is 0 Å². The van der Waals surface area contributed by atoms with E-state index in [2.05, 4.69) is 29.6 Å². The van der Waals surface area contributed by atoms with Crippen molar-refractivity contribution in [1.82, 2.24) is 5.32 Å². The first-order valence-electron chi connectivity index (χ1n) is 7.97. The zero-order valence-electron chi connectivity index (χ0n) is 12.1. The van der Waals surface area contributed by atoms with Crippen LogP contribution in [0, 0.1) is 0 Å². The molecule has 2 aliphatic rings. The van der Waals surface area contributed by atoms with Crippen LogP contribution in [0.25, 0.3) is 0 Å². The Hall–Kier alpha value is -1.06. The van der Waals surface area contributed by atoms with Crippen LogP contribution in [0.3, 0.4) is 0 Å². The maximum absolute atomic E-state index is 6.04. The third-order valence-corrected chi connectivity index (χ3v) is 4.21. The fraction of sp³-hybridized carbons (Fsp3) is 0.647. The van der Waals surface area contributed by atoms with E-state index >= 15 is 0 Å². The summed E-state index contributed by atoms with van der Waals surface area (Å²) in [5.41, 5.74) is 1.37. The Kier molecular flexibility index (Phi) is 4.93. The molecule has 0 aromatic heterocycles. The normalized spacial score (nSPS) is 27.2. The van der Waals surface area contributed by atoms with Crippen molar-refractivity contribution in [2.75, 3.05) is 19.8 Å². The molecule has 0 radical (unpaired) electrons. The lowest BCUT2D eigenvalue weighted by Gasteiger charge is -2.25. The van der Waals surface area contributed by atoms with Gasteiger partial charge in [-0.1, -0.05) is 18.6 Å². The van der Waals surface area contributed by atoms with Crippen LogP contribution in [0.15, 0.2) is 24.3 Å². The molecule has 110 valence electrons. The average molecular weight is 275 g/mol. The lowest BCUT2D eigenvalue weighted by Crippen LogP contribution is -2.35. The van der Waals surface area contributed by atoms with Crippen LogP contribution in [0.5, 0.6) is 5.75 Å². The highest BCUT2D eigenvalue weighted by molar-refractivity contribution is 5.29. The van der Waals surface area contributed by atoms with Gasteiger partial charge < -0.3 is 14.8 Å². The molecule has 2 aliphatic heterocycles. The molecule has 1 aromatic carbocycles. The van der Waals surface area contributed by atoms with E-state index in [0.29, 0.717) is 6.04 Å². The predicted octanol–water partition coefficient (Wildman–Crippen LogP) is 2.93. The second-order valence-corrected chi connectivity index (χ2v) is 5.96. The lowest BCUT2D eigenvalue weighted by atomic mass is 9.98. The van der Waals surface area contributed by atoms with E-state index in [1.54, 1.807) is 0 Å². The summed E-state index contributed by atoms with van der Waals surface area (Å²) >= 11 is 0. The van der Waals surface area contributed by atoms with Gasteiger partial charge in [-0.05, 0) is 56.3 Å². The van der Waals surface area contributed by atoms with Crippen molar-refractivity contribution < 1.29 is 9.47 Å². The second kappa shape index (κ2) is 7.09. The minimum absolute atomic E-state index is 0.229. The van der Waals surface area contributed by atoms with E-state index in [-0.39, 0.29) is 6.10 Å². The molecule has 1 aromatic rings. The zero-order chi connectivity index (χ0) is 13.6. The Morgan fingerprint density at radius 2 is 2.20 bits per heavy atom. The van der Waals surface area contributed by atoms with Gasteiger partial charge in [-0.2, -0.15) is 0 Å². The number of ether oxygens (including phenoxy) is 2. The first-order valence-corrected chi connectivity index (χ1v) is 7.97. The number of hydrogen-bond acceptors (Lipinski definition) is 3. The minimum atomic E-state index is 0.229. The van der Waals surface area contributed by atoms with Crippen molar-refractivity contribution in [3.63, 3.8) is 0 Å². The maximum Gasteiger partial charge on any atom is 0.122 e. The van der Waals surface area contributed by atoms with Crippen LogP contribution in [0.2, 0.25) is 0 Å². The van der Waals surface area contributed by atoms with E-state index in [0.717, 1.165) is 38.2 Å². The van der Waals surface area contributed by atoms with Crippen LogP contribution in [0.1, 0.15) is 37.7 Å². The summed E-state index contributed by atoms with van der Waals surface area (Å²) in [6.45, 7) is 2.78. The third-order valence-electron chi connectivity index (χ3n) is 4.21. The number of benzene rings is 1. The zero-order valence-corrected chi connectivity index (χ0v) is 12.1. The highest BCUT2D eigenvalue weighted by Gasteiger charge is 2.16. The topological polar surface area (TPSA) is 30.5 Å².